The number of carbonyl (C=O) groups excluding carboxylic acids is 1. The number of nitrogens with one attached hydrogen (secondary N) is 1. The van der Waals surface area contributed by atoms with Crippen molar-refractivity contribution in [2.75, 3.05) is 11.1 Å². The summed E-state index contributed by atoms with van der Waals surface area (Å²) in [5.41, 5.74) is 7.20. The van der Waals surface area contributed by atoms with E-state index in [9.17, 15) is 4.79 Å². The third-order valence-electron chi connectivity index (χ3n) is 2.36. The number of anilines is 2. The molecule has 0 radical (unpaired) electrons. The first-order valence-corrected chi connectivity index (χ1v) is 6.83. The minimum absolute atomic E-state index is 0.310. The molecule has 3 N–H and O–H groups in total. The Morgan fingerprint density at radius 3 is 2.37 bits per heavy atom. The van der Waals surface area contributed by atoms with Crippen LogP contribution in [0.1, 0.15) is 10.4 Å². The summed E-state index contributed by atoms with van der Waals surface area (Å²) in [5, 5.41) is 3.55. The molecule has 0 spiro atoms. The maximum absolute atomic E-state index is 12.1. The van der Waals surface area contributed by atoms with Gasteiger partial charge in [0, 0.05) is 25.8 Å². The van der Waals surface area contributed by atoms with Gasteiger partial charge in [-0.05, 0) is 52.3 Å². The van der Waals surface area contributed by atoms with Crippen LogP contribution < -0.4 is 11.1 Å². The molecule has 0 aliphatic carbocycles. The predicted molar refractivity (Wildman–Crippen MR) is 83.0 cm³/mol. The van der Waals surface area contributed by atoms with Gasteiger partial charge in [-0.3, -0.25) is 4.79 Å². The normalized spacial score (nSPS) is 10.3. The Morgan fingerprint density at radius 1 is 1.11 bits per heavy atom. The van der Waals surface area contributed by atoms with Crippen LogP contribution in [0.15, 0.2) is 40.9 Å². The highest BCUT2D eigenvalue weighted by Gasteiger charge is 2.10. The van der Waals surface area contributed by atoms with Crippen LogP contribution in [0, 0.1) is 0 Å². The van der Waals surface area contributed by atoms with E-state index in [2.05, 4.69) is 21.2 Å². The Hall–Kier alpha value is -1.23. The van der Waals surface area contributed by atoms with Crippen molar-refractivity contribution in [3.05, 3.63) is 56.5 Å². The molecule has 0 heterocycles. The Labute approximate surface area is 128 Å². The van der Waals surface area contributed by atoms with Crippen LogP contribution in [-0.4, -0.2) is 5.91 Å². The first-order chi connectivity index (χ1) is 8.95. The first kappa shape index (κ1) is 14.2. The first-order valence-electron chi connectivity index (χ1n) is 5.28. The van der Waals surface area contributed by atoms with E-state index in [1.165, 1.54) is 0 Å². The van der Waals surface area contributed by atoms with Gasteiger partial charge in [0.2, 0.25) is 0 Å². The van der Waals surface area contributed by atoms with Crippen molar-refractivity contribution in [2.24, 2.45) is 0 Å². The van der Waals surface area contributed by atoms with Crippen LogP contribution in [0.3, 0.4) is 0 Å². The maximum Gasteiger partial charge on any atom is 0.255 e. The van der Waals surface area contributed by atoms with Crippen molar-refractivity contribution < 1.29 is 4.79 Å². The Balaban J connectivity index is 2.28. The fraction of sp³-hybridized carbons (Fsp3) is 0. The summed E-state index contributed by atoms with van der Waals surface area (Å²) in [4.78, 5) is 12.1. The van der Waals surface area contributed by atoms with Gasteiger partial charge < -0.3 is 11.1 Å². The molecule has 3 nitrogen and oxygen atoms in total. The zero-order chi connectivity index (χ0) is 14.0. The molecule has 2 aromatic carbocycles. The number of hydrogen-bond acceptors (Lipinski definition) is 2. The average Bonchev–Trinajstić information content (AvgIpc) is 2.32. The van der Waals surface area contributed by atoms with E-state index in [-0.39, 0.29) is 5.91 Å². The molecule has 2 aromatic rings. The molecule has 19 heavy (non-hydrogen) atoms. The largest absolute Gasteiger partial charge is 0.399 e. The predicted octanol–water partition coefficient (Wildman–Crippen LogP) is 4.59. The fourth-order valence-electron chi connectivity index (χ4n) is 1.52. The summed E-state index contributed by atoms with van der Waals surface area (Å²) < 4.78 is 0.739. The summed E-state index contributed by atoms with van der Waals surface area (Å²) in [5.74, 6) is -0.310. The van der Waals surface area contributed by atoms with Crippen molar-refractivity contribution >= 4 is 56.4 Å². The van der Waals surface area contributed by atoms with Crippen molar-refractivity contribution in [1.29, 1.82) is 0 Å². The van der Waals surface area contributed by atoms with Crippen molar-refractivity contribution in [2.45, 2.75) is 0 Å². The molecule has 0 unspecified atom stereocenters. The second-order valence-electron chi connectivity index (χ2n) is 3.85. The molecule has 2 rings (SSSR count). The smallest absolute Gasteiger partial charge is 0.255 e. The number of halogens is 3. The molecule has 0 aliphatic heterocycles. The van der Waals surface area contributed by atoms with Crippen LogP contribution in [0.25, 0.3) is 0 Å². The molecular weight excluding hydrogens is 351 g/mol. The minimum atomic E-state index is -0.310. The number of benzene rings is 2. The number of hydrogen-bond donors (Lipinski definition) is 2. The molecular formula is C13H9BrCl2N2O. The van der Waals surface area contributed by atoms with Crippen LogP contribution in [0.5, 0.6) is 0 Å². The molecule has 0 bridgehead atoms. The molecule has 1 amide bonds. The zero-order valence-corrected chi connectivity index (χ0v) is 12.7. The van der Waals surface area contributed by atoms with Crippen molar-refractivity contribution in [3.63, 3.8) is 0 Å². The van der Waals surface area contributed by atoms with Gasteiger partial charge in [-0.25, -0.2) is 0 Å². The average molecular weight is 360 g/mol. The highest BCUT2D eigenvalue weighted by atomic mass is 79.9. The number of amides is 1. The van der Waals surface area contributed by atoms with Gasteiger partial charge in [0.25, 0.3) is 5.91 Å². The fourth-order valence-corrected chi connectivity index (χ4v) is 2.39. The summed E-state index contributed by atoms with van der Waals surface area (Å²) in [6.07, 6.45) is 0. The van der Waals surface area contributed by atoms with Crippen molar-refractivity contribution in [1.82, 2.24) is 0 Å². The van der Waals surface area contributed by atoms with E-state index in [1.807, 2.05) is 0 Å². The molecule has 0 saturated carbocycles. The van der Waals surface area contributed by atoms with Crippen LogP contribution in [0.4, 0.5) is 11.4 Å². The molecule has 0 aliphatic rings. The zero-order valence-electron chi connectivity index (χ0n) is 9.58. The quantitative estimate of drug-likeness (QED) is 0.770. The standard InChI is InChI=1S/C13H9BrCl2N2O/c14-11-2-1-10(17)6-12(11)18-13(19)7-3-8(15)5-9(16)4-7/h1-6H,17H2,(H,18,19). The summed E-state index contributed by atoms with van der Waals surface area (Å²) in [6, 6.07) is 9.81. The number of nitrogen functional groups attached to an aromatic ring is 1. The third kappa shape index (κ3) is 3.62. The SMILES string of the molecule is Nc1ccc(Br)c(NC(=O)c2cc(Cl)cc(Cl)c2)c1. The van der Waals surface area contributed by atoms with E-state index in [1.54, 1.807) is 36.4 Å². The Bertz CT molecular complexity index is 626. The minimum Gasteiger partial charge on any atom is -0.399 e. The molecule has 98 valence electrons. The van der Waals surface area contributed by atoms with Crippen LogP contribution in [-0.2, 0) is 0 Å². The van der Waals surface area contributed by atoms with Gasteiger partial charge in [-0.2, -0.15) is 0 Å². The lowest BCUT2D eigenvalue weighted by molar-refractivity contribution is 0.102. The summed E-state index contributed by atoms with van der Waals surface area (Å²) >= 11 is 15.1. The molecule has 0 aromatic heterocycles. The van der Waals surface area contributed by atoms with Crippen LogP contribution >= 0.6 is 39.1 Å². The highest BCUT2D eigenvalue weighted by Crippen LogP contribution is 2.26. The topological polar surface area (TPSA) is 55.1 Å². The lowest BCUT2D eigenvalue weighted by Crippen LogP contribution is -2.12. The molecule has 0 atom stereocenters. The lowest BCUT2D eigenvalue weighted by atomic mass is 10.2. The number of carbonyl (C=O) groups is 1. The molecule has 0 saturated heterocycles. The highest BCUT2D eigenvalue weighted by molar-refractivity contribution is 9.10. The molecule has 0 fully saturated rings. The van der Waals surface area contributed by atoms with Gasteiger partial charge in [-0.1, -0.05) is 23.2 Å². The molecule has 6 heteroatoms. The third-order valence-corrected chi connectivity index (χ3v) is 3.49. The van der Waals surface area contributed by atoms with Gasteiger partial charge >= 0.3 is 0 Å². The number of rotatable bonds is 2. The second-order valence-corrected chi connectivity index (χ2v) is 5.58. The van der Waals surface area contributed by atoms with E-state index in [0.717, 1.165) is 4.47 Å². The summed E-state index contributed by atoms with van der Waals surface area (Å²) in [6.45, 7) is 0. The maximum atomic E-state index is 12.1. The van der Waals surface area contributed by atoms with Gasteiger partial charge in [0.05, 0.1) is 5.69 Å². The van der Waals surface area contributed by atoms with Crippen LogP contribution in [0.2, 0.25) is 10.0 Å². The van der Waals surface area contributed by atoms with Gasteiger partial charge in [0.1, 0.15) is 0 Å². The van der Waals surface area contributed by atoms with Gasteiger partial charge in [0.15, 0.2) is 0 Å². The second kappa shape index (κ2) is 5.82. The van der Waals surface area contributed by atoms with E-state index < -0.39 is 0 Å². The Kier molecular flexibility index (Phi) is 4.34. The summed E-state index contributed by atoms with van der Waals surface area (Å²) in [7, 11) is 0. The van der Waals surface area contributed by atoms with E-state index >= 15 is 0 Å². The van der Waals surface area contributed by atoms with Crippen molar-refractivity contribution in [3.8, 4) is 0 Å². The van der Waals surface area contributed by atoms with E-state index in [0.29, 0.717) is 27.0 Å². The lowest BCUT2D eigenvalue weighted by Gasteiger charge is -2.09. The van der Waals surface area contributed by atoms with E-state index in [4.69, 9.17) is 28.9 Å². The number of nitrogens with two attached hydrogens (primary N) is 1. The monoisotopic (exact) mass is 358 g/mol. The van der Waals surface area contributed by atoms with Gasteiger partial charge in [-0.15, -0.1) is 0 Å². The Morgan fingerprint density at radius 2 is 1.74 bits per heavy atom.